The number of rotatable bonds is 9. The number of anilines is 3. The van der Waals surface area contributed by atoms with E-state index in [1.807, 2.05) is 24.5 Å². The van der Waals surface area contributed by atoms with Gasteiger partial charge in [-0.05, 0) is 96.1 Å². The summed E-state index contributed by atoms with van der Waals surface area (Å²) in [7, 11) is -6.32. The number of hydrogen-bond acceptors (Lipinski definition) is 3. The summed E-state index contributed by atoms with van der Waals surface area (Å²) in [5.74, 6) is 0.874. The van der Waals surface area contributed by atoms with Gasteiger partial charge >= 0.3 is 0 Å². The van der Waals surface area contributed by atoms with Gasteiger partial charge in [-0.15, -0.1) is 0 Å². The fraction of sp³-hybridized carbons (Fsp3) is 0. The van der Waals surface area contributed by atoms with Crippen molar-refractivity contribution in [2.24, 2.45) is 0 Å². The molecule has 0 unspecified atom stereocenters. The molecule has 13 rings (SSSR count). The third kappa shape index (κ3) is 6.34. The third-order valence-electron chi connectivity index (χ3n) is 14.5. The second kappa shape index (κ2) is 17.1. The van der Waals surface area contributed by atoms with Crippen molar-refractivity contribution in [2.45, 2.75) is 0 Å². The van der Waals surface area contributed by atoms with Gasteiger partial charge in [0.25, 0.3) is 0 Å². The average molecular weight is 927 g/mol. The van der Waals surface area contributed by atoms with Crippen LogP contribution in [0.1, 0.15) is 0 Å². The minimum absolute atomic E-state index is 0.874. The number of nitrogens with zero attached hydrogens (tertiary/aromatic N) is 4. The van der Waals surface area contributed by atoms with Crippen LogP contribution in [0.2, 0.25) is 0 Å². The average Bonchev–Trinajstić information content (AvgIpc) is 3.79. The molecule has 0 aliphatic carbocycles. The maximum absolute atomic E-state index is 5.30. The van der Waals surface area contributed by atoms with Gasteiger partial charge in [0, 0.05) is 40.1 Å². The molecule has 12 aromatic rings. The van der Waals surface area contributed by atoms with Crippen molar-refractivity contribution < 1.29 is 0 Å². The lowest BCUT2D eigenvalue weighted by Crippen LogP contribution is -2.78. The van der Waals surface area contributed by atoms with E-state index in [9.17, 15) is 0 Å². The smallest absolute Gasteiger partial charge is 0.184 e. The maximum Gasteiger partial charge on any atom is 0.184 e. The van der Waals surface area contributed by atoms with Gasteiger partial charge in [0.15, 0.2) is 16.1 Å². The van der Waals surface area contributed by atoms with Gasteiger partial charge in [-0.1, -0.05) is 212 Å². The first-order valence-corrected chi connectivity index (χ1v) is 28.0. The predicted molar refractivity (Wildman–Crippen MR) is 297 cm³/mol. The molecule has 3 aromatic heterocycles. The van der Waals surface area contributed by atoms with E-state index in [0.29, 0.717) is 0 Å². The van der Waals surface area contributed by atoms with Crippen LogP contribution >= 0.6 is 0 Å². The lowest BCUT2D eigenvalue weighted by molar-refractivity contribution is 1.17. The van der Waals surface area contributed by atoms with E-state index in [2.05, 4.69) is 264 Å². The number of aromatic nitrogens is 3. The quantitative estimate of drug-likeness (QED) is 0.107. The van der Waals surface area contributed by atoms with Crippen LogP contribution < -0.4 is 46.4 Å². The Morgan fingerprint density at radius 3 is 1.59 bits per heavy atom. The lowest BCUT2D eigenvalue weighted by atomic mass is 10.1. The summed E-state index contributed by atoms with van der Waals surface area (Å²) < 4.78 is 2.44. The van der Waals surface area contributed by atoms with Gasteiger partial charge in [-0.25, -0.2) is 4.98 Å². The van der Waals surface area contributed by atoms with E-state index in [1.54, 1.807) is 0 Å². The highest BCUT2D eigenvalue weighted by molar-refractivity contribution is 7.22. The Morgan fingerprint density at radius 2 is 0.943 bits per heavy atom. The molecule has 0 bridgehead atoms. The Labute approximate surface area is 410 Å². The van der Waals surface area contributed by atoms with Crippen molar-refractivity contribution in [2.75, 3.05) is 4.90 Å². The Balaban J connectivity index is 1.22. The second-order valence-electron chi connectivity index (χ2n) is 18.1. The fourth-order valence-corrected chi connectivity index (χ4v) is 21.5. The van der Waals surface area contributed by atoms with E-state index in [-0.39, 0.29) is 0 Å². The molecule has 0 saturated heterocycles. The van der Waals surface area contributed by atoms with Crippen LogP contribution in [0, 0.1) is 0 Å². The molecule has 0 spiro atoms. The first-order chi connectivity index (χ1) is 34.8. The van der Waals surface area contributed by atoms with Crippen molar-refractivity contribution in [3.05, 3.63) is 279 Å². The topological polar surface area (TPSA) is 34.0 Å². The Kier molecular flexibility index (Phi) is 10.2. The highest BCUT2D eigenvalue weighted by Crippen LogP contribution is 2.45. The first kappa shape index (κ1) is 41.5. The van der Waals surface area contributed by atoms with E-state index < -0.39 is 16.1 Å². The van der Waals surface area contributed by atoms with Crippen molar-refractivity contribution in [1.82, 2.24) is 14.5 Å². The summed E-state index contributed by atoms with van der Waals surface area (Å²) in [5, 5.41) is 12.9. The standard InChI is InChI=1S/C64H46N4Si2/c1-6-24-48(25-7-1)67-57-37-17-16-35-55(57)63-58(67)40-42-61-64(63)68(62-38-19-21-44-66-62)59-46-54(39-41-60(59)70(61,51-30-12-4-13-31-51)52-32-14-5-15-33-52)69(49-26-8-2-9-27-49,50-28-10-3-11-29-50)53-34-22-23-47(45-53)56-36-18-20-43-65-56/h1-46H. The van der Waals surface area contributed by atoms with Crippen LogP contribution in [-0.4, -0.2) is 30.7 Å². The number of hydrogen-bond donors (Lipinski definition) is 0. The van der Waals surface area contributed by atoms with Crippen LogP contribution in [0.3, 0.4) is 0 Å². The molecule has 1 aliphatic heterocycles. The summed E-state index contributed by atoms with van der Waals surface area (Å²) in [4.78, 5) is 12.7. The van der Waals surface area contributed by atoms with Gasteiger partial charge in [0.05, 0.1) is 22.4 Å². The zero-order chi connectivity index (χ0) is 46.5. The van der Waals surface area contributed by atoms with Crippen LogP contribution in [0.25, 0.3) is 38.8 Å². The third-order valence-corrected chi connectivity index (χ3v) is 24.1. The normalized spacial score (nSPS) is 12.9. The molecule has 6 heteroatoms. The number of benzene rings is 9. The predicted octanol–water partition coefficient (Wildman–Crippen LogP) is 9.78. The molecule has 0 amide bonds. The summed E-state index contributed by atoms with van der Waals surface area (Å²) in [6, 6.07) is 99.1. The zero-order valence-electron chi connectivity index (χ0n) is 38.3. The molecule has 0 fully saturated rings. The molecule has 0 atom stereocenters. The zero-order valence-corrected chi connectivity index (χ0v) is 40.3. The first-order valence-electron chi connectivity index (χ1n) is 24.0. The highest BCUT2D eigenvalue weighted by Gasteiger charge is 2.51. The minimum Gasteiger partial charge on any atom is -0.309 e. The van der Waals surface area contributed by atoms with Gasteiger partial charge in [0.2, 0.25) is 0 Å². The van der Waals surface area contributed by atoms with Crippen molar-refractivity contribution in [3.8, 4) is 16.9 Å². The number of pyridine rings is 2. The van der Waals surface area contributed by atoms with Crippen LogP contribution in [0.4, 0.5) is 17.2 Å². The summed E-state index contributed by atoms with van der Waals surface area (Å²) >= 11 is 0. The molecule has 0 saturated carbocycles. The van der Waals surface area contributed by atoms with Gasteiger partial charge in [0.1, 0.15) is 5.82 Å². The van der Waals surface area contributed by atoms with Gasteiger partial charge in [-0.2, -0.15) is 0 Å². The fourth-order valence-electron chi connectivity index (χ4n) is 11.7. The summed E-state index contributed by atoms with van der Waals surface area (Å²) in [6.45, 7) is 0. The number of fused-ring (bicyclic) bond motifs is 6. The van der Waals surface area contributed by atoms with Crippen molar-refractivity contribution in [1.29, 1.82) is 0 Å². The monoisotopic (exact) mass is 926 g/mol. The Bertz CT molecular complexity index is 3740. The molecule has 4 heterocycles. The van der Waals surface area contributed by atoms with E-state index in [0.717, 1.165) is 39.5 Å². The molecule has 1 aliphatic rings. The van der Waals surface area contributed by atoms with E-state index in [4.69, 9.17) is 9.97 Å². The number of para-hydroxylation sites is 2. The minimum atomic E-state index is -3.17. The van der Waals surface area contributed by atoms with Crippen molar-refractivity contribution >= 4 is 96.6 Å². The SMILES string of the molecule is c1ccc(-n2c3ccccc3c3c4c(ccc32)[Si](c2ccccc2)(c2ccccc2)c2ccc([Si](c3ccccc3)(c3ccccc3)c3cccc(-c5ccccn5)c3)cc2N4c2ccccn2)cc1. The van der Waals surface area contributed by atoms with E-state index in [1.165, 1.54) is 58.0 Å². The molecule has 70 heavy (non-hydrogen) atoms. The van der Waals surface area contributed by atoms with Crippen molar-refractivity contribution in [3.63, 3.8) is 0 Å². The molecule has 330 valence electrons. The van der Waals surface area contributed by atoms with Crippen LogP contribution in [0.5, 0.6) is 0 Å². The van der Waals surface area contributed by atoms with Gasteiger partial charge in [-0.3, -0.25) is 9.88 Å². The maximum atomic E-state index is 5.30. The Hall–Kier alpha value is -8.69. The van der Waals surface area contributed by atoms with E-state index >= 15 is 0 Å². The molecule has 9 aromatic carbocycles. The highest BCUT2D eigenvalue weighted by atomic mass is 28.3. The van der Waals surface area contributed by atoms with Gasteiger partial charge < -0.3 is 4.57 Å². The lowest BCUT2D eigenvalue weighted by Gasteiger charge is -2.46. The summed E-state index contributed by atoms with van der Waals surface area (Å²) in [5.41, 5.74) is 7.82. The molecular formula is C64H46N4Si2. The second-order valence-corrected chi connectivity index (χ2v) is 25.6. The largest absolute Gasteiger partial charge is 0.309 e. The molecular weight excluding hydrogens is 881 g/mol. The summed E-state index contributed by atoms with van der Waals surface area (Å²) in [6.07, 6.45) is 3.83. The molecule has 4 nitrogen and oxygen atoms in total. The Morgan fingerprint density at radius 1 is 0.386 bits per heavy atom. The van der Waals surface area contributed by atoms with Crippen LogP contribution in [-0.2, 0) is 0 Å². The molecule has 0 radical (unpaired) electrons. The van der Waals surface area contributed by atoms with Crippen LogP contribution in [0.15, 0.2) is 279 Å². The molecule has 0 N–H and O–H groups in total.